The van der Waals surface area contributed by atoms with Crippen molar-refractivity contribution in [2.75, 3.05) is 12.4 Å². The minimum atomic E-state index is -0.329. The van der Waals surface area contributed by atoms with Crippen molar-refractivity contribution in [3.8, 4) is 0 Å². The van der Waals surface area contributed by atoms with Crippen molar-refractivity contribution >= 4 is 38.7 Å². The van der Waals surface area contributed by atoms with Crippen LogP contribution in [-0.4, -0.2) is 18.4 Å². The van der Waals surface area contributed by atoms with Crippen LogP contribution in [0, 0.1) is 0 Å². The summed E-state index contributed by atoms with van der Waals surface area (Å²) in [4.78, 5) is 11.3. The summed E-state index contributed by atoms with van der Waals surface area (Å²) in [6, 6.07) is 12.5. The van der Waals surface area contributed by atoms with Gasteiger partial charge in [0, 0.05) is 11.4 Å². The largest absolute Gasteiger partial charge is 0.466 e. The van der Waals surface area contributed by atoms with Gasteiger partial charge in [0.05, 0.1) is 7.11 Å². The molecule has 0 atom stereocenters. The number of methoxy groups -OCH3 is 1. The molecule has 0 aromatic heterocycles. The molecule has 0 N–H and O–H groups in total. The zero-order valence-corrected chi connectivity index (χ0v) is 13.0. The van der Waals surface area contributed by atoms with Crippen molar-refractivity contribution < 1.29 is 9.53 Å². The summed E-state index contributed by atoms with van der Waals surface area (Å²) in [6.07, 6.45) is 5.39. The quantitative estimate of drug-likeness (QED) is 0.462. The van der Waals surface area contributed by atoms with Gasteiger partial charge in [0.15, 0.2) is 0 Å². The number of rotatable bonds is 5. The average molecular weight is 333 g/mol. The molecule has 0 aliphatic rings. The van der Waals surface area contributed by atoms with Crippen molar-refractivity contribution in [1.29, 1.82) is 0 Å². The number of benzene rings is 2. The summed E-state index contributed by atoms with van der Waals surface area (Å²) in [5.41, 5.74) is 2.36. The Hall–Kier alpha value is -1.61. The van der Waals surface area contributed by atoms with Crippen LogP contribution in [0.3, 0.4) is 0 Å². The predicted molar refractivity (Wildman–Crippen MR) is 87.1 cm³/mol. The fourth-order valence-electron chi connectivity index (χ4n) is 2.23. The van der Waals surface area contributed by atoms with E-state index in [1.807, 2.05) is 18.2 Å². The molecule has 20 heavy (non-hydrogen) atoms. The number of hydrogen-bond donors (Lipinski definition) is 0. The van der Waals surface area contributed by atoms with Gasteiger partial charge >= 0.3 is 5.97 Å². The Kier molecular flexibility index (Phi) is 5.36. The number of fused-ring (bicyclic) bond motifs is 1. The predicted octanol–water partition coefficient (Wildman–Crippen LogP) is 4.35. The number of carbonyl (C=O) groups is 1. The van der Waals surface area contributed by atoms with Crippen molar-refractivity contribution in [1.82, 2.24) is 0 Å². The highest BCUT2D eigenvalue weighted by atomic mass is 79.9. The smallest absolute Gasteiger partial charge is 0.330 e. The highest BCUT2D eigenvalue weighted by Gasteiger charge is 2.05. The van der Waals surface area contributed by atoms with Crippen LogP contribution in [0.4, 0.5) is 0 Å². The minimum absolute atomic E-state index is 0.329. The average Bonchev–Trinajstić information content (AvgIpc) is 2.50. The molecule has 0 fully saturated rings. The second kappa shape index (κ2) is 7.25. The topological polar surface area (TPSA) is 26.3 Å². The van der Waals surface area contributed by atoms with Crippen molar-refractivity contribution in [3.05, 3.63) is 53.6 Å². The first-order valence-electron chi connectivity index (χ1n) is 6.59. The molecule has 0 aliphatic carbocycles. The third-order valence-corrected chi connectivity index (χ3v) is 3.79. The lowest BCUT2D eigenvalue weighted by Crippen LogP contribution is -1.96. The molecule has 0 radical (unpaired) electrons. The molecule has 0 aliphatic heterocycles. The van der Waals surface area contributed by atoms with E-state index in [1.165, 1.54) is 29.5 Å². The highest BCUT2D eigenvalue weighted by Crippen LogP contribution is 2.25. The third-order valence-electron chi connectivity index (χ3n) is 3.23. The van der Waals surface area contributed by atoms with E-state index < -0.39 is 0 Å². The van der Waals surface area contributed by atoms with Crippen molar-refractivity contribution in [2.24, 2.45) is 0 Å². The van der Waals surface area contributed by atoms with E-state index in [-0.39, 0.29) is 5.97 Å². The van der Waals surface area contributed by atoms with E-state index in [0.29, 0.717) is 0 Å². The van der Waals surface area contributed by atoms with Crippen LogP contribution in [-0.2, 0) is 16.0 Å². The van der Waals surface area contributed by atoms with E-state index in [1.54, 1.807) is 0 Å². The lowest BCUT2D eigenvalue weighted by Gasteiger charge is -2.09. The number of aryl methyl sites for hydroxylation is 1. The van der Waals surface area contributed by atoms with Gasteiger partial charge in [-0.2, -0.15) is 0 Å². The van der Waals surface area contributed by atoms with Gasteiger partial charge in [-0.1, -0.05) is 52.3 Å². The zero-order valence-electron chi connectivity index (χ0n) is 11.4. The van der Waals surface area contributed by atoms with Gasteiger partial charge in [-0.3, -0.25) is 0 Å². The number of esters is 1. The molecule has 0 saturated carbocycles. The lowest BCUT2D eigenvalue weighted by molar-refractivity contribution is -0.134. The molecule has 0 heterocycles. The maximum Gasteiger partial charge on any atom is 0.330 e. The molecule has 2 aromatic carbocycles. The second-order valence-corrected chi connectivity index (χ2v) is 5.30. The fraction of sp³-hybridized carbons (Fsp3) is 0.235. The van der Waals surface area contributed by atoms with Crippen LogP contribution in [0.15, 0.2) is 42.5 Å². The Balaban J connectivity index is 2.49. The monoisotopic (exact) mass is 332 g/mol. The van der Waals surface area contributed by atoms with Crippen LogP contribution >= 0.6 is 15.9 Å². The molecule has 2 aromatic rings. The minimum Gasteiger partial charge on any atom is -0.466 e. The molecular weight excluding hydrogens is 316 g/mol. The van der Waals surface area contributed by atoms with E-state index in [9.17, 15) is 4.79 Å². The van der Waals surface area contributed by atoms with E-state index in [2.05, 4.69) is 44.9 Å². The van der Waals surface area contributed by atoms with Gasteiger partial charge in [0.2, 0.25) is 0 Å². The summed E-state index contributed by atoms with van der Waals surface area (Å²) in [5, 5.41) is 3.32. The number of alkyl halides is 1. The lowest BCUT2D eigenvalue weighted by atomic mass is 9.96. The first kappa shape index (κ1) is 14.8. The number of ether oxygens (including phenoxy) is 1. The number of carbonyl (C=O) groups excluding carboxylic acids is 1. The second-order valence-electron chi connectivity index (χ2n) is 4.51. The van der Waals surface area contributed by atoms with Crippen LogP contribution in [0.2, 0.25) is 0 Å². The highest BCUT2D eigenvalue weighted by molar-refractivity contribution is 9.09. The van der Waals surface area contributed by atoms with Gasteiger partial charge in [-0.05, 0) is 40.8 Å². The molecule has 104 valence electrons. The normalized spacial score (nSPS) is 11.1. The summed E-state index contributed by atoms with van der Waals surface area (Å²) in [5.74, 6) is -0.329. The molecule has 2 rings (SSSR count). The number of hydrogen-bond acceptors (Lipinski definition) is 2. The van der Waals surface area contributed by atoms with Crippen LogP contribution in [0.25, 0.3) is 16.8 Å². The maximum atomic E-state index is 11.3. The van der Waals surface area contributed by atoms with Gasteiger partial charge < -0.3 is 4.74 Å². The fourth-order valence-corrected chi connectivity index (χ4v) is 2.51. The van der Waals surface area contributed by atoms with E-state index in [4.69, 9.17) is 0 Å². The molecule has 0 saturated heterocycles. The van der Waals surface area contributed by atoms with Gasteiger partial charge in [0.1, 0.15) is 0 Å². The maximum absolute atomic E-state index is 11.3. The molecule has 3 heteroatoms. The molecule has 2 nitrogen and oxygen atoms in total. The Morgan fingerprint density at radius 3 is 2.80 bits per heavy atom. The Bertz CT molecular complexity index is 632. The number of halogens is 1. The van der Waals surface area contributed by atoms with Crippen LogP contribution < -0.4 is 0 Å². The summed E-state index contributed by atoms with van der Waals surface area (Å²) >= 11 is 3.46. The molecule has 0 spiro atoms. The van der Waals surface area contributed by atoms with Crippen molar-refractivity contribution in [3.63, 3.8) is 0 Å². The van der Waals surface area contributed by atoms with Gasteiger partial charge in [0.25, 0.3) is 0 Å². The van der Waals surface area contributed by atoms with Gasteiger partial charge in [-0.25, -0.2) is 4.79 Å². The Labute approximate surface area is 127 Å². The Morgan fingerprint density at radius 1 is 1.25 bits per heavy atom. The Morgan fingerprint density at radius 2 is 2.05 bits per heavy atom. The van der Waals surface area contributed by atoms with E-state index >= 15 is 0 Å². The molecule has 0 amide bonds. The van der Waals surface area contributed by atoms with Crippen molar-refractivity contribution in [2.45, 2.75) is 12.8 Å². The van der Waals surface area contributed by atoms with Crippen LogP contribution in [0.1, 0.15) is 17.5 Å². The van der Waals surface area contributed by atoms with Crippen LogP contribution in [0.5, 0.6) is 0 Å². The summed E-state index contributed by atoms with van der Waals surface area (Å²) in [7, 11) is 1.39. The first-order valence-corrected chi connectivity index (χ1v) is 7.71. The SMILES string of the molecule is COC(=O)/C=C/c1c(CCCBr)ccc2ccccc12. The first-order chi connectivity index (χ1) is 9.76. The summed E-state index contributed by atoms with van der Waals surface area (Å²) < 4.78 is 4.67. The van der Waals surface area contributed by atoms with Gasteiger partial charge in [-0.15, -0.1) is 0 Å². The third kappa shape index (κ3) is 3.48. The summed E-state index contributed by atoms with van der Waals surface area (Å²) in [6.45, 7) is 0. The zero-order chi connectivity index (χ0) is 14.4. The molecular formula is C17H17BrO2. The standard InChI is InChI=1S/C17H17BrO2/c1-20-17(19)11-10-16-14(6-4-12-18)9-8-13-5-2-3-7-15(13)16/h2-3,5,7-11H,4,6,12H2,1H3/b11-10+. The molecule has 0 unspecified atom stereocenters. The van der Waals surface area contributed by atoms with E-state index in [0.717, 1.165) is 23.7 Å². The molecule has 0 bridgehead atoms.